The van der Waals surface area contributed by atoms with Gasteiger partial charge in [0.25, 0.3) is 0 Å². The Labute approximate surface area is 78.6 Å². The molecule has 0 radical (unpaired) electrons. The Balaban J connectivity index is 3.49. The molecule has 0 N–H and O–H groups in total. The normalized spacial score (nSPS) is 30.9. The molecule has 1 rings (SSSR count). The van der Waals surface area contributed by atoms with E-state index < -0.39 is 35.3 Å². The summed E-state index contributed by atoms with van der Waals surface area (Å²) in [6.45, 7) is 0.247. The molecule has 88 valence electrons. The molecular weight excluding hydrogens is 236 g/mol. The van der Waals surface area contributed by atoms with E-state index in [2.05, 4.69) is 0 Å². The average molecular weight is 240 g/mol. The Morgan fingerprint density at radius 2 is 1.20 bits per heavy atom. The summed E-state index contributed by atoms with van der Waals surface area (Å²) in [6, 6.07) is 0. The van der Waals surface area contributed by atoms with Gasteiger partial charge in [0.05, 0.1) is 0 Å². The first-order valence-corrected chi connectivity index (χ1v) is 3.59. The lowest BCUT2D eigenvalue weighted by atomic mass is 9.87. The van der Waals surface area contributed by atoms with Crippen molar-refractivity contribution in [2.24, 2.45) is 0 Å². The van der Waals surface area contributed by atoms with E-state index in [1.807, 2.05) is 0 Å². The van der Waals surface area contributed by atoms with E-state index >= 15 is 0 Å². The summed E-state index contributed by atoms with van der Waals surface area (Å²) < 4.78 is 99.8. The minimum absolute atomic E-state index is 0.247. The van der Waals surface area contributed by atoms with Crippen molar-refractivity contribution in [3.8, 4) is 0 Å². The molecule has 0 aromatic rings. The highest BCUT2D eigenvalue weighted by Gasteiger charge is 2.82. The standard InChI is InChI=1S/C7H4F8/c1-3-2-4(8,9)6(12,13)7(14,15)5(3,10)11/h2H,1H3. The number of allylic oxidation sites excluding steroid dienone is 2. The maximum atomic E-state index is 12.6. The summed E-state index contributed by atoms with van der Waals surface area (Å²) in [6.07, 6.45) is -0.829. The minimum Gasteiger partial charge on any atom is -0.195 e. The molecule has 0 fully saturated rings. The van der Waals surface area contributed by atoms with Crippen LogP contribution in [0.4, 0.5) is 35.1 Å². The molecular formula is C7H4F8. The van der Waals surface area contributed by atoms with Gasteiger partial charge in [-0.3, -0.25) is 0 Å². The third kappa shape index (κ3) is 1.19. The zero-order valence-electron chi connectivity index (χ0n) is 7.10. The first-order chi connectivity index (χ1) is 6.38. The zero-order valence-corrected chi connectivity index (χ0v) is 7.10. The summed E-state index contributed by atoms with van der Waals surface area (Å²) >= 11 is 0. The minimum atomic E-state index is -6.11. The second-order valence-corrected chi connectivity index (χ2v) is 3.17. The molecule has 1 aliphatic carbocycles. The van der Waals surface area contributed by atoms with Crippen LogP contribution in [0.15, 0.2) is 11.6 Å². The molecule has 0 heterocycles. The second kappa shape index (κ2) is 2.65. The van der Waals surface area contributed by atoms with E-state index in [4.69, 9.17) is 0 Å². The molecule has 8 heteroatoms. The molecule has 0 atom stereocenters. The van der Waals surface area contributed by atoms with Gasteiger partial charge in [0.15, 0.2) is 0 Å². The zero-order chi connectivity index (χ0) is 12.3. The van der Waals surface area contributed by atoms with Gasteiger partial charge >= 0.3 is 23.7 Å². The van der Waals surface area contributed by atoms with Crippen molar-refractivity contribution < 1.29 is 35.1 Å². The van der Waals surface area contributed by atoms with Crippen LogP contribution in [-0.4, -0.2) is 23.7 Å². The molecule has 1 aliphatic rings. The Hall–Kier alpha value is -0.820. The molecule has 0 aliphatic heterocycles. The van der Waals surface area contributed by atoms with E-state index in [9.17, 15) is 35.1 Å². The molecule has 0 saturated carbocycles. The smallest absolute Gasteiger partial charge is 0.195 e. The Morgan fingerprint density at radius 3 is 1.60 bits per heavy atom. The largest absolute Gasteiger partial charge is 0.382 e. The summed E-state index contributed by atoms with van der Waals surface area (Å²) in [5.74, 6) is -22.8. The number of alkyl halides is 8. The second-order valence-electron chi connectivity index (χ2n) is 3.17. The molecule has 0 nitrogen and oxygen atoms in total. The van der Waals surface area contributed by atoms with Gasteiger partial charge in [-0.25, -0.2) is 0 Å². The predicted octanol–water partition coefficient (Wildman–Crippen LogP) is 3.49. The average Bonchev–Trinajstić information content (AvgIpc) is 2.00. The fraction of sp³-hybridized carbons (Fsp3) is 0.714. The number of hydrogen-bond acceptors (Lipinski definition) is 0. The SMILES string of the molecule is CC1=CC(F)(F)C(F)(F)C(F)(F)C1(F)F. The van der Waals surface area contributed by atoms with Gasteiger partial charge in [0.1, 0.15) is 0 Å². The van der Waals surface area contributed by atoms with E-state index in [0.29, 0.717) is 0 Å². The molecule has 0 amide bonds. The quantitative estimate of drug-likeness (QED) is 0.449. The number of halogens is 8. The van der Waals surface area contributed by atoms with Gasteiger partial charge in [0.2, 0.25) is 0 Å². The van der Waals surface area contributed by atoms with Gasteiger partial charge in [-0.2, -0.15) is 35.1 Å². The van der Waals surface area contributed by atoms with E-state index in [0.717, 1.165) is 0 Å². The molecule has 0 saturated heterocycles. The van der Waals surface area contributed by atoms with Gasteiger partial charge in [-0.05, 0) is 13.0 Å². The third-order valence-corrected chi connectivity index (χ3v) is 2.10. The Kier molecular flexibility index (Phi) is 2.16. The van der Waals surface area contributed by atoms with E-state index in [-0.39, 0.29) is 6.92 Å². The van der Waals surface area contributed by atoms with Crippen molar-refractivity contribution in [2.45, 2.75) is 30.6 Å². The van der Waals surface area contributed by atoms with Crippen LogP contribution in [0.2, 0.25) is 0 Å². The van der Waals surface area contributed by atoms with Crippen LogP contribution >= 0.6 is 0 Å². The molecule has 0 aromatic heterocycles. The van der Waals surface area contributed by atoms with Crippen LogP contribution in [0.5, 0.6) is 0 Å². The fourth-order valence-corrected chi connectivity index (χ4v) is 1.11. The lowest BCUT2D eigenvalue weighted by Gasteiger charge is -2.40. The van der Waals surface area contributed by atoms with Crippen LogP contribution in [0.1, 0.15) is 6.92 Å². The number of rotatable bonds is 0. The van der Waals surface area contributed by atoms with Crippen LogP contribution < -0.4 is 0 Å². The van der Waals surface area contributed by atoms with Gasteiger partial charge in [-0.15, -0.1) is 0 Å². The van der Waals surface area contributed by atoms with Crippen molar-refractivity contribution in [3.63, 3.8) is 0 Å². The molecule has 0 bridgehead atoms. The number of hydrogen-bond donors (Lipinski definition) is 0. The van der Waals surface area contributed by atoms with Crippen molar-refractivity contribution in [1.29, 1.82) is 0 Å². The topological polar surface area (TPSA) is 0 Å². The Bertz CT molecular complexity index is 313. The molecule has 0 unspecified atom stereocenters. The van der Waals surface area contributed by atoms with Crippen molar-refractivity contribution in [3.05, 3.63) is 11.6 Å². The highest BCUT2D eigenvalue weighted by atomic mass is 19.4. The maximum absolute atomic E-state index is 12.6. The van der Waals surface area contributed by atoms with Gasteiger partial charge in [0, 0.05) is 5.57 Å². The third-order valence-electron chi connectivity index (χ3n) is 2.10. The highest BCUT2D eigenvalue weighted by Crippen LogP contribution is 2.58. The van der Waals surface area contributed by atoms with E-state index in [1.54, 1.807) is 0 Å². The van der Waals surface area contributed by atoms with Crippen LogP contribution in [0.25, 0.3) is 0 Å². The first-order valence-electron chi connectivity index (χ1n) is 3.59. The highest BCUT2D eigenvalue weighted by molar-refractivity contribution is 5.29. The van der Waals surface area contributed by atoms with Gasteiger partial charge in [-0.1, -0.05) is 0 Å². The fourth-order valence-electron chi connectivity index (χ4n) is 1.11. The summed E-state index contributed by atoms with van der Waals surface area (Å²) in [7, 11) is 0. The first kappa shape index (κ1) is 12.3. The van der Waals surface area contributed by atoms with Crippen molar-refractivity contribution >= 4 is 0 Å². The molecule has 15 heavy (non-hydrogen) atoms. The molecule has 0 aromatic carbocycles. The van der Waals surface area contributed by atoms with Crippen molar-refractivity contribution in [2.75, 3.05) is 0 Å². The van der Waals surface area contributed by atoms with Crippen molar-refractivity contribution in [1.82, 2.24) is 0 Å². The van der Waals surface area contributed by atoms with Crippen LogP contribution in [-0.2, 0) is 0 Å². The summed E-state index contributed by atoms with van der Waals surface area (Å²) in [5.41, 5.74) is -1.77. The van der Waals surface area contributed by atoms with Crippen LogP contribution in [0.3, 0.4) is 0 Å². The summed E-state index contributed by atoms with van der Waals surface area (Å²) in [5, 5.41) is 0. The maximum Gasteiger partial charge on any atom is 0.382 e. The lowest BCUT2D eigenvalue weighted by molar-refractivity contribution is -0.355. The lowest BCUT2D eigenvalue weighted by Crippen LogP contribution is -2.65. The summed E-state index contributed by atoms with van der Waals surface area (Å²) in [4.78, 5) is 0. The molecule has 0 spiro atoms. The van der Waals surface area contributed by atoms with Crippen LogP contribution in [0, 0.1) is 0 Å². The predicted molar refractivity (Wildman–Crippen MR) is 33.5 cm³/mol. The monoisotopic (exact) mass is 240 g/mol. The van der Waals surface area contributed by atoms with Gasteiger partial charge < -0.3 is 0 Å². The van der Waals surface area contributed by atoms with E-state index in [1.165, 1.54) is 0 Å². The Morgan fingerprint density at radius 1 is 0.800 bits per heavy atom.